The maximum atomic E-state index is 11.5. The lowest BCUT2D eigenvalue weighted by atomic mass is 10.1. The largest absolute Gasteiger partial charge is 0.289 e. The van der Waals surface area contributed by atoms with Crippen molar-refractivity contribution in [3.8, 4) is 0 Å². The van der Waals surface area contributed by atoms with Crippen molar-refractivity contribution >= 4 is 52.3 Å². The lowest BCUT2D eigenvalue weighted by Crippen LogP contribution is -2.18. The number of hydrogen-bond donors (Lipinski definition) is 0. The Hall–Kier alpha value is 0.110. The summed E-state index contributed by atoms with van der Waals surface area (Å²) in [5.74, 6) is -0.504. The highest BCUT2D eigenvalue weighted by molar-refractivity contribution is 7.98. The van der Waals surface area contributed by atoms with Crippen molar-refractivity contribution in [1.82, 2.24) is 0 Å². The fourth-order valence-corrected chi connectivity index (χ4v) is 1.64. The average molecular weight is 270 g/mol. The molecule has 0 atom stereocenters. The van der Waals surface area contributed by atoms with E-state index in [1.807, 2.05) is 18.4 Å². The van der Waals surface area contributed by atoms with Crippen molar-refractivity contribution in [2.75, 3.05) is 6.26 Å². The summed E-state index contributed by atoms with van der Waals surface area (Å²) < 4.78 is -1.87. The van der Waals surface area contributed by atoms with Crippen molar-refractivity contribution in [3.05, 3.63) is 29.8 Å². The fourth-order valence-electron chi connectivity index (χ4n) is 0.906. The second kappa shape index (κ2) is 4.75. The van der Waals surface area contributed by atoms with Crippen molar-refractivity contribution in [1.29, 1.82) is 0 Å². The van der Waals surface area contributed by atoms with Gasteiger partial charge in [0.15, 0.2) is 0 Å². The number of halogens is 3. The standard InChI is InChI=1S/C9H7Cl3OS/c1-14-7-4-2-6(3-5-7)8(13)9(10,11)12/h2-5H,1H3. The minimum absolute atomic E-state index is 0.405. The molecule has 0 aliphatic rings. The lowest BCUT2D eigenvalue weighted by Gasteiger charge is -2.09. The van der Waals surface area contributed by atoms with Gasteiger partial charge in [-0.15, -0.1) is 11.8 Å². The molecule has 14 heavy (non-hydrogen) atoms. The highest BCUT2D eigenvalue weighted by Gasteiger charge is 2.31. The average Bonchev–Trinajstić information content (AvgIpc) is 2.15. The number of carbonyl (C=O) groups excluding carboxylic acids is 1. The van der Waals surface area contributed by atoms with Crippen LogP contribution in [0.3, 0.4) is 0 Å². The maximum absolute atomic E-state index is 11.5. The summed E-state index contributed by atoms with van der Waals surface area (Å²) in [6.07, 6.45) is 1.95. The van der Waals surface area contributed by atoms with Crippen LogP contribution in [-0.4, -0.2) is 15.8 Å². The highest BCUT2D eigenvalue weighted by atomic mass is 35.6. The van der Waals surface area contributed by atoms with Gasteiger partial charge in [-0.2, -0.15) is 0 Å². The summed E-state index contributed by atoms with van der Waals surface area (Å²) >= 11 is 18.0. The molecule has 0 saturated heterocycles. The Balaban J connectivity index is 2.93. The Bertz CT molecular complexity index is 329. The second-order valence-electron chi connectivity index (χ2n) is 2.56. The first-order valence-electron chi connectivity index (χ1n) is 3.70. The van der Waals surface area contributed by atoms with Gasteiger partial charge in [-0.05, 0) is 18.4 Å². The van der Waals surface area contributed by atoms with E-state index in [0.717, 1.165) is 4.90 Å². The Labute approximate surface area is 102 Å². The molecule has 0 unspecified atom stereocenters. The van der Waals surface area contributed by atoms with Gasteiger partial charge in [-0.3, -0.25) is 4.79 Å². The molecule has 1 nitrogen and oxygen atoms in total. The molecular weight excluding hydrogens is 263 g/mol. The first-order valence-corrected chi connectivity index (χ1v) is 6.06. The number of carbonyl (C=O) groups is 1. The lowest BCUT2D eigenvalue weighted by molar-refractivity contribution is 0.0996. The van der Waals surface area contributed by atoms with E-state index in [0.29, 0.717) is 5.56 Å². The quantitative estimate of drug-likeness (QED) is 0.459. The van der Waals surface area contributed by atoms with Gasteiger partial charge >= 0.3 is 0 Å². The molecule has 76 valence electrons. The molecule has 0 bridgehead atoms. The van der Waals surface area contributed by atoms with Crippen molar-refractivity contribution in [3.63, 3.8) is 0 Å². The van der Waals surface area contributed by atoms with E-state index in [1.165, 1.54) is 0 Å². The van der Waals surface area contributed by atoms with E-state index in [1.54, 1.807) is 23.9 Å². The summed E-state index contributed by atoms with van der Waals surface area (Å²) in [5.41, 5.74) is 0.405. The molecule has 0 saturated carbocycles. The highest BCUT2D eigenvalue weighted by Crippen LogP contribution is 2.30. The van der Waals surface area contributed by atoms with E-state index in [-0.39, 0.29) is 0 Å². The number of ketones is 1. The van der Waals surface area contributed by atoms with Crippen molar-refractivity contribution in [2.24, 2.45) is 0 Å². The topological polar surface area (TPSA) is 17.1 Å². The molecule has 0 radical (unpaired) electrons. The minimum Gasteiger partial charge on any atom is -0.289 e. The minimum atomic E-state index is -1.87. The SMILES string of the molecule is CSc1ccc(C(=O)C(Cl)(Cl)Cl)cc1. The van der Waals surface area contributed by atoms with E-state index in [2.05, 4.69) is 0 Å². The summed E-state index contributed by atoms with van der Waals surface area (Å²) in [6, 6.07) is 6.93. The molecule has 0 spiro atoms. The van der Waals surface area contributed by atoms with Gasteiger partial charge in [-0.25, -0.2) is 0 Å². The van der Waals surface area contributed by atoms with E-state index in [9.17, 15) is 4.79 Å². The summed E-state index contributed by atoms with van der Waals surface area (Å²) in [4.78, 5) is 12.5. The second-order valence-corrected chi connectivity index (χ2v) is 5.72. The third-order valence-corrected chi connectivity index (χ3v) is 2.87. The first kappa shape index (κ1) is 12.2. The van der Waals surface area contributed by atoms with Crippen LogP contribution < -0.4 is 0 Å². The van der Waals surface area contributed by atoms with Gasteiger partial charge in [0.2, 0.25) is 5.78 Å². The smallest absolute Gasteiger partial charge is 0.253 e. The number of rotatable bonds is 2. The van der Waals surface area contributed by atoms with Crippen LogP contribution in [0.15, 0.2) is 29.2 Å². The van der Waals surface area contributed by atoms with Gasteiger partial charge in [-0.1, -0.05) is 46.9 Å². The normalized spacial score (nSPS) is 11.4. The van der Waals surface area contributed by atoms with Gasteiger partial charge < -0.3 is 0 Å². The first-order chi connectivity index (χ1) is 6.45. The Kier molecular flexibility index (Phi) is 4.14. The molecule has 0 fully saturated rings. The third kappa shape index (κ3) is 3.06. The van der Waals surface area contributed by atoms with Crippen LogP contribution in [0.25, 0.3) is 0 Å². The molecule has 0 N–H and O–H groups in total. The molecule has 5 heteroatoms. The van der Waals surface area contributed by atoms with Gasteiger partial charge in [0.1, 0.15) is 0 Å². The van der Waals surface area contributed by atoms with Crippen LogP contribution in [-0.2, 0) is 0 Å². The Morgan fingerprint density at radius 1 is 1.21 bits per heavy atom. The molecule has 1 rings (SSSR count). The van der Waals surface area contributed by atoms with Crippen molar-refractivity contribution < 1.29 is 4.79 Å². The van der Waals surface area contributed by atoms with E-state index < -0.39 is 9.58 Å². The number of hydrogen-bond acceptors (Lipinski definition) is 2. The Morgan fingerprint density at radius 2 is 1.71 bits per heavy atom. The predicted molar refractivity (Wildman–Crippen MR) is 62.8 cm³/mol. The zero-order valence-corrected chi connectivity index (χ0v) is 10.3. The van der Waals surface area contributed by atoms with Crippen LogP contribution in [0.1, 0.15) is 10.4 Å². The number of alkyl halides is 3. The van der Waals surface area contributed by atoms with Crippen LogP contribution in [0, 0.1) is 0 Å². The molecular formula is C9H7Cl3OS. The number of benzene rings is 1. The summed E-state index contributed by atoms with van der Waals surface area (Å²) in [7, 11) is 0. The molecule has 0 aliphatic heterocycles. The van der Waals surface area contributed by atoms with E-state index >= 15 is 0 Å². The van der Waals surface area contributed by atoms with Crippen LogP contribution in [0.5, 0.6) is 0 Å². The van der Waals surface area contributed by atoms with Crippen LogP contribution in [0.4, 0.5) is 0 Å². The fraction of sp³-hybridized carbons (Fsp3) is 0.222. The van der Waals surface area contributed by atoms with Gasteiger partial charge in [0, 0.05) is 10.5 Å². The molecule has 1 aromatic rings. The van der Waals surface area contributed by atoms with Crippen LogP contribution >= 0.6 is 46.6 Å². The van der Waals surface area contributed by atoms with Gasteiger partial charge in [0.05, 0.1) is 0 Å². The monoisotopic (exact) mass is 268 g/mol. The number of thioether (sulfide) groups is 1. The van der Waals surface area contributed by atoms with Gasteiger partial charge in [0.25, 0.3) is 3.79 Å². The predicted octanol–water partition coefficient (Wildman–Crippen LogP) is 3.96. The number of Topliss-reactive ketones (excluding diaryl/α,β-unsaturated/α-hetero) is 1. The molecule has 0 amide bonds. The van der Waals surface area contributed by atoms with Crippen LogP contribution in [0.2, 0.25) is 0 Å². The maximum Gasteiger partial charge on any atom is 0.253 e. The molecule has 0 aliphatic carbocycles. The zero-order valence-electron chi connectivity index (χ0n) is 7.26. The van der Waals surface area contributed by atoms with E-state index in [4.69, 9.17) is 34.8 Å². The summed E-state index contributed by atoms with van der Waals surface area (Å²) in [5, 5.41) is 0. The molecule has 0 heterocycles. The molecule has 1 aromatic carbocycles. The Morgan fingerprint density at radius 3 is 2.07 bits per heavy atom. The molecule has 0 aromatic heterocycles. The summed E-state index contributed by atoms with van der Waals surface area (Å²) in [6.45, 7) is 0. The van der Waals surface area contributed by atoms with Crippen molar-refractivity contribution in [2.45, 2.75) is 8.69 Å². The zero-order chi connectivity index (χ0) is 10.8. The third-order valence-electron chi connectivity index (χ3n) is 1.61.